The minimum absolute atomic E-state index is 0.194. The Morgan fingerprint density at radius 3 is 2.00 bits per heavy atom. The average Bonchev–Trinajstić information content (AvgIpc) is 2.80. The van der Waals surface area contributed by atoms with Gasteiger partial charge in [0.1, 0.15) is 11.5 Å². The average molecular weight is 399 g/mol. The van der Waals surface area contributed by atoms with Crippen molar-refractivity contribution >= 4 is 11.9 Å². The number of hydrogen-bond acceptors (Lipinski definition) is 6. The van der Waals surface area contributed by atoms with Gasteiger partial charge in [-0.05, 0) is 59.7 Å². The smallest absolute Gasteiger partial charge is 0.343 e. The van der Waals surface area contributed by atoms with E-state index in [-0.39, 0.29) is 6.79 Å². The molecule has 0 bridgehead atoms. The number of nitrogens with zero attached hydrogens (tertiary/aromatic N) is 1. The number of carbonyl (C=O) groups excluding carboxylic acids is 2. The highest BCUT2D eigenvalue weighted by atomic mass is 16.7. The molecule has 0 saturated carbocycles. The van der Waals surface area contributed by atoms with Crippen molar-refractivity contribution in [3.8, 4) is 28.7 Å². The van der Waals surface area contributed by atoms with Crippen LogP contribution in [0.2, 0.25) is 0 Å². The Hall–Kier alpha value is -4.37. The molecule has 6 nitrogen and oxygen atoms in total. The van der Waals surface area contributed by atoms with Crippen LogP contribution < -0.4 is 9.47 Å². The molecular formula is C24H17NO5. The van der Waals surface area contributed by atoms with E-state index in [4.69, 9.17) is 19.5 Å². The Kier molecular flexibility index (Phi) is 6.59. The zero-order chi connectivity index (χ0) is 21.3. The standard InChI is InChI=1S/C24H17NO5/c1-2-23(26)29-16-28-21-13-9-19(10-14-21)18-5-7-20(8-6-18)24(27)30-22-11-3-17(15-25)4-12-22/h2-14H,1,16H2. The second kappa shape index (κ2) is 9.71. The van der Waals surface area contributed by atoms with E-state index in [0.717, 1.165) is 17.2 Å². The fraction of sp³-hybridized carbons (Fsp3) is 0.0417. The Morgan fingerprint density at radius 2 is 1.43 bits per heavy atom. The number of hydrogen-bond donors (Lipinski definition) is 0. The molecule has 0 spiro atoms. The first kappa shape index (κ1) is 20.4. The highest BCUT2D eigenvalue weighted by molar-refractivity contribution is 5.91. The lowest BCUT2D eigenvalue weighted by atomic mass is 10.0. The van der Waals surface area contributed by atoms with Gasteiger partial charge in [-0.2, -0.15) is 5.26 Å². The summed E-state index contributed by atoms with van der Waals surface area (Å²) in [5.74, 6) is -0.107. The maximum absolute atomic E-state index is 12.3. The lowest BCUT2D eigenvalue weighted by Gasteiger charge is -2.08. The first-order chi connectivity index (χ1) is 14.6. The molecule has 0 aromatic heterocycles. The summed E-state index contributed by atoms with van der Waals surface area (Å²) in [6.07, 6.45) is 1.07. The van der Waals surface area contributed by atoms with Crippen molar-refractivity contribution < 1.29 is 23.8 Å². The summed E-state index contributed by atoms with van der Waals surface area (Å²) in [4.78, 5) is 23.3. The number of rotatable bonds is 7. The number of esters is 2. The van der Waals surface area contributed by atoms with E-state index in [1.165, 1.54) is 0 Å². The lowest BCUT2D eigenvalue weighted by molar-refractivity contribution is -0.144. The van der Waals surface area contributed by atoms with Gasteiger partial charge in [0.2, 0.25) is 6.79 Å². The van der Waals surface area contributed by atoms with Crippen LogP contribution in [0.5, 0.6) is 11.5 Å². The van der Waals surface area contributed by atoms with Crippen LogP contribution in [0.15, 0.2) is 85.5 Å². The minimum atomic E-state index is -0.551. The largest absolute Gasteiger partial charge is 0.457 e. The quantitative estimate of drug-likeness (QED) is 0.251. The normalized spacial score (nSPS) is 9.83. The van der Waals surface area contributed by atoms with Gasteiger partial charge in [-0.1, -0.05) is 30.8 Å². The molecule has 0 amide bonds. The molecule has 30 heavy (non-hydrogen) atoms. The highest BCUT2D eigenvalue weighted by Crippen LogP contribution is 2.23. The van der Waals surface area contributed by atoms with Crippen molar-refractivity contribution in [2.24, 2.45) is 0 Å². The van der Waals surface area contributed by atoms with Crippen molar-refractivity contribution in [3.63, 3.8) is 0 Å². The maximum Gasteiger partial charge on any atom is 0.343 e. The second-order valence-corrected chi connectivity index (χ2v) is 6.06. The molecule has 0 unspecified atom stereocenters. The number of ether oxygens (including phenoxy) is 3. The second-order valence-electron chi connectivity index (χ2n) is 6.06. The van der Waals surface area contributed by atoms with E-state index in [1.807, 2.05) is 30.3 Å². The van der Waals surface area contributed by atoms with Crippen LogP contribution in [-0.4, -0.2) is 18.7 Å². The summed E-state index contributed by atoms with van der Waals surface area (Å²) in [6, 6.07) is 22.5. The predicted molar refractivity (Wildman–Crippen MR) is 110 cm³/mol. The van der Waals surface area contributed by atoms with E-state index in [1.54, 1.807) is 48.5 Å². The summed E-state index contributed by atoms with van der Waals surface area (Å²) in [7, 11) is 0. The van der Waals surface area contributed by atoms with Crippen molar-refractivity contribution in [2.75, 3.05) is 6.79 Å². The number of nitriles is 1. The van der Waals surface area contributed by atoms with Crippen LogP contribution in [0.4, 0.5) is 0 Å². The molecule has 6 heteroatoms. The van der Waals surface area contributed by atoms with Crippen molar-refractivity contribution in [2.45, 2.75) is 0 Å². The highest BCUT2D eigenvalue weighted by Gasteiger charge is 2.09. The summed E-state index contributed by atoms with van der Waals surface area (Å²) < 4.78 is 15.4. The van der Waals surface area contributed by atoms with Gasteiger partial charge >= 0.3 is 11.9 Å². The third-order valence-electron chi connectivity index (χ3n) is 4.10. The molecule has 148 valence electrons. The fourth-order valence-corrected chi connectivity index (χ4v) is 2.52. The molecule has 0 fully saturated rings. The zero-order valence-electron chi connectivity index (χ0n) is 15.9. The van der Waals surface area contributed by atoms with Crippen molar-refractivity contribution in [1.82, 2.24) is 0 Å². The van der Waals surface area contributed by atoms with Gasteiger partial charge in [0.05, 0.1) is 17.2 Å². The van der Waals surface area contributed by atoms with Gasteiger partial charge in [0.25, 0.3) is 0 Å². The molecule has 0 aliphatic rings. The topological polar surface area (TPSA) is 85.6 Å². The summed E-state index contributed by atoms with van der Waals surface area (Å²) in [5, 5.41) is 8.81. The first-order valence-corrected chi connectivity index (χ1v) is 8.94. The Bertz CT molecular complexity index is 1080. The molecule has 0 N–H and O–H groups in total. The third-order valence-corrected chi connectivity index (χ3v) is 4.10. The SMILES string of the molecule is C=CC(=O)OCOc1ccc(-c2ccc(C(=O)Oc3ccc(C#N)cc3)cc2)cc1. The number of benzene rings is 3. The van der Waals surface area contributed by atoms with Gasteiger partial charge in [0.15, 0.2) is 0 Å². The Labute approximate surface area is 173 Å². The summed E-state index contributed by atoms with van der Waals surface area (Å²) in [6.45, 7) is 3.11. The molecule has 0 heterocycles. The summed E-state index contributed by atoms with van der Waals surface area (Å²) >= 11 is 0. The molecule has 0 atom stereocenters. The van der Waals surface area contributed by atoms with E-state index in [9.17, 15) is 9.59 Å². The Morgan fingerprint density at radius 1 is 0.867 bits per heavy atom. The van der Waals surface area contributed by atoms with Crippen LogP contribution in [0, 0.1) is 11.3 Å². The van der Waals surface area contributed by atoms with Gasteiger partial charge in [0, 0.05) is 6.08 Å². The van der Waals surface area contributed by atoms with Crippen LogP contribution >= 0.6 is 0 Å². The van der Waals surface area contributed by atoms with Crippen molar-refractivity contribution in [1.29, 1.82) is 5.26 Å². The van der Waals surface area contributed by atoms with Gasteiger partial charge in [-0.25, -0.2) is 9.59 Å². The van der Waals surface area contributed by atoms with Crippen LogP contribution in [0.3, 0.4) is 0 Å². The zero-order valence-corrected chi connectivity index (χ0v) is 15.9. The van der Waals surface area contributed by atoms with E-state index < -0.39 is 11.9 Å². The first-order valence-electron chi connectivity index (χ1n) is 8.94. The maximum atomic E-state index is 12.3. The molecular weight excluding hydrogens is 382 g/mol. The lowest BCUT2D eigenvalue weighted by Crippen LogP contribution is -2.08. The molecule has 0 aliphatic heterocycles. The molecule has 0 aliphatic carbocycles. The molecule has 3 aromatic carbocycles. The van der Waals surface area contributed by atoms with E-state index >= 15 is 0 Å². The van der Waals surface area contributed by atoms with Crippen LogP contribution in [-0.2, 0) is 9.53 Å². The van der Waals surface area contributed by atoms with Crippen molar-refractivity contribution in [3.05, 3.63) is 96.6 Å². The fourth-order valence-electron chi connectivity index (χ4n) is 2.52. The number of carbonyl (C=O) groups is 2. The monoisotopic (exact) mass is 399 g/mol. The van der Waals surface area contributed by atoms with Gasteiger partial charge in [-0.15, -0.1) is 0 Å². The Balaban J connectivity index is 1.60. The third kappa shape index (κ3) is 5.33. The molecule has 3 aromatic rings. The summed E-state index contributed by atoms with van der Waals surface area (Å²) in [5.41, 5.74) is 2.74. The van der Waals surface area contributed by atoms with Crippen LogP contribution in [0.25, 0.3) is 11.1 Å². The molecule has 0 saturated heterocycles. The van der Waals surface area contributed by atoms with Crippen LogP contribution in [0.1, 0.15) is 15.9 Å². The van der Waals surface area contributed by atoms with Gasteiger partial charge < -0.3 is 14.2 Å². The predicted octanol–water partition coefficient (Wildman–Crippen LogP) is 4.51. The van der Waals surface area contributed by atoms with E-state index in [0.29, 0.717) is 22.6 Å². The van der Waals surface area contributed by atoms with E-state index in [2.05, 4.69) is 6.58 Å². The van der Waals surface area contributed by atoms with Gasteiger partial charge in [-0.3, -0.25) is 0 Å². The molecule has 3 rings (SSSR count). The molecule has 0 radical (unpaired) electrons. The minimum Gasteiger partial charge on any atom is -0.457 e.